The zero-order valence-corrected chi connectivity index (χ0v) is 19.7. The number of hydrogen-bond acceptors (Lipinski definition) is 4. The zero-order chi connectivity index (χ0) is 22.2. The molecule has 0 aliphatic heterocycles. The molecule has 1 aliphatic carbocycles. The van der Waals surface area contributed by atoms with Crippen molar-refractivity contribution in [2.24, 2.45) is 0 Å². The van der Waals surface area contributed by atoms with Crippen LogP contribution >= 0.6 is 12.4 Å². The van der Waals surface area contributed by atoms with Crippen molar-refractivity contribution < 1.29 is 9.59 Å². The van der Waals surface area contributed by atoms with Gasteiger partial charge in [-0.15, -0.1) is 12.4 Å². The summed E-state index contributed by atoms with van der Waals surface area (Å²) in [5.41, 5.74) is 5.21. The monoisotopic (exact) mass is 455 g/mol. The van der Waals surface area contributed by atoms with Crippen molar-refractivity contribution in [3.8, 4) is 0 Å². The molecule has 0 unspecified atom stereocenters. The molecule has 0 fully saturated rings. The van der Waals surface area contributed by atoms with Crippen molar-refractivity contribution in [2.75, 3.05) is 18.9 Å². The van der Waals surface area contributed by atoms with Crippen LogP contribution in [0.25, 0.3) is 10.9 Å². The Bertz CT molecular complexity index is 1150. The average molecular weight is 456 g/mol. The van der Waals surface area contributed by atoms with E-state index in [0.717, 1.165) is 18.2 Å². The second-order valence-corrected chi connectivity index (χ2v) is 9.07. The van der Waals surface area contributed by atoms with Crippen molar-refractivity contribution in [3.05, 3.63) is 59.3 Å². The highest BCUT2D eigenvalue weighted by Gasteiger charge is 2.26. The summed E-state index contributed by atoms with van der Waals surface area (Å²) in [4.78, 5) is 25.0. The van der Waals surface area contributed by atoms with Gasteiger partial charge in [0, 0.05) is 5.39 Å². The lowest BCUT2D eigenvalue weighted by Crippen LogP contribution is -2.31. The van der Waals surface area contributed by atoms with E-state index in [0.29, 0.717) is 11.2 Å². The van der Waals surface area contributed by atoms with Crippen LogP contribution in [0.2, 0.25) is 0 Å². The summed E-state index contributed by atoms with van der Waals surface area (Å²) in [7, 11) is 1.71. The maximum atomic E-state index is 12.8. The number of nitrogens with one attached hydrogen (secondary N) is 3. The van der Waals surface area contributed by atoms with Crippen LogP contribution < -0.4 is 16.0 Å². The van der Waals surface area contributed by atoms with Crippen LogP contribution in [0, 0.1) is 0 Å². The molecule has 1 aromatic heterocycles. The quantitative estimate of drug-likeness (QED) is 0.543. The van der Waals surface area contributed by atoms with Crippen LogP contribution in [0.5, 0.6) is 0 Å². The topological polar surface area (TPSA) is 88.1 Å². The Labute approximate surface area is 194 Å². The van der Waals surface area contributed by atoms with E-state index in [1.165, 1.54) is 21.4 Å². The molecule has 1 aliphatic rings. The SMILES string of the molecule is CNCC(=O)n1ncc2c(NC(=O)N[C@@H]3CCc4cc(C(C)(C)C)ccc43)cccc21.Cl. The number of benzene rings is 2. The fraction of sp³-hybridized carbons (Fsp3) is 0.375. The molecule has 1 atom stereocenters. The average Bonchev–Trinajstić information content (AvgIpc) is 3.32. The van der Waals surface area contributed by atoms with Gasteiger partial charge in [-0.1, -0.05) is 45.0 Å². The molecule has 170 valence electrons. The summed E-state index contributed by atoms with van der Waals surface area (Å²) in [5.74, 6) is -0.156. The Kier molecular flexibility index (Phi) is 6.91. The van der Waals surface area contributed by atoms with Gasteiger partial charge in [-0.3, -0.25) is 4.79 Å². The maximum Gasteiger partial charge on any atom is 0.319 e. The van der Waals surface area contributed by atoms with Crippen LogP contribution in [-0.4, -0.2) is 35.3 Å². The molecule has 0 saturated carbocycles. The van der Waals surface area contributed by atoms with Crippen LogP contribution in [0.4, 0.5) is 10.5 Å². The van der Waals surface area contributed by atoms with Crippen molar-refractivity contribution in [1.29, 1.82) is 0 Å². The van der Waals surface area contributed by atoms with E-state index in [4.69, 9.17) is 0 Å². The normalized spacial score (nSPS) is 15.2. The molecular weight excluding hydrogens is 426 g/mol. The van der Waals surface area contributed by atoms with Gasteiger partial charge in [0.2, 0.25) is 0 Å². The Balaban J connectivity index is 0.00000289. The van der Waals surface area contributed by atoms with Gasteiger partial charge in [0.25, 0.3) is 5.91 Å². The second-order valence-electron chi connectivity index (χ2n) is 9.07. The molecular formula is C24H30ClN5O2. The highest BCUT2D eigenvalue weighted by molar-refractivity contribution is 6.03. The van der Waals surface area contributed by atoms with Crippen molar-refractivity contribution in [1.82, 2.24) is 20.4 Å². The minimum atomic E-state index is -0.264. The molecule has 7 nitrogen and oxygen atoms in total. The summed E-state index contributed by atoms with van der Waals surface area (Å²) in [6.45, 7) is 6.82. The minimum absolute atomic E-state index is 0. The zero-order valence-electron chi connectivity index (χ0n) is 18.9. The van der Waals surface area contributed by atoms with Crippen LogP contribution in [-0.2, 0) is 11.8 Å². The summed E-state index contributed by atoms with van der Waals surface area (Å²) in [6.07, 6.45) is 3.45. The summed E-state index contributed by atoms with van der Waals surface area (Å²) >= 11 is 0. The molecule has 1 heterocycles. The van der Waals surface area contributed by atoms with E-state index >= 15 is 0 Å². The second kappa shape index (κ2) is 9.30. The number of rotatable bonds is 4. The van der Waals surface area contributed by atoms with E-state index in [2.05, 4.69) is 60.0 Å². The first-order chi connectivity index (χ1) is 14.8. The molecule has 32 heavy (non-hydrogen) atoms. The van der Waals surface area contributed by atoms with Gasteiger partial charge in [-0.25, -0.2) is 4.79 Å². The molecule has 3 N–H and O–H groups in total. The summed E-state index contributed by atoms with van der Waals surface area (Å²) < 4.78 is 1.36. The number of carbonyl (C=O) groups is 2. The Morgan fingerprint density at radius 2 is 1.97 bits per heavy atom. The van der Waals surface area contributed by atoms with Crippen molar-refractivity contribution in [3.63, 3.8) is 0 Å². The standard InChI is InChI=1S/C24H29N5O2.ClH/c1-24(2,3)16-9-10-17-15(12-16)8-11-20(17)28-23(31)27-19-6-5-7-21-18(19)13-26-29(21)22(30)14-25-4;/h5-7,9-10,12-13,20,25H,8,11,14H2,1-4H3,(H2,27,28,31);1H/t20-;/m1./s1. The summed E-state index contributed by atoms with van der Waals surface area (Å²) in [5, 5.41) is 13.8. The van der Waals surface area contributed by atoms with Crippen LogP contribution in [0.15, 0.2) is 42.6 Å². The lowest BCUT2D eigenvalue weighted by Gasteiger charge is -2.21. The summed E-state index contributed by atoms with van der Waals surface area (Å²) in [6, 6.07) is 11.7. The van der Waals surface area contributed by atoms with Crippen LogP contribution in [0.1, 0.15) is 54.7 Å². The largest absolute Gasteiger partial charge is 0.331 e. The fourth-order valence-corrected chi connectivity index (χ4v) is 4.14. The molecule has 0 radical (unpaired) electrons. The first-order valence-corrected chi connectivity index (χ1v) is 10.6. The first kappa shape index (κ1) is 23.8. The number of fused-ring (bicyclic) bond motifs is 2. The highest BCUT2D eigenvalue weighted by atomic mass is 35.5. The van der Waals surface area contributed by atoms with E-state index in [1.54, 1.807) is 13.2 Å². The van der Waals surface area contributed by atoms with Crippen molar-refractivity contribution in [2.45, 2.75) is 45.1 Å². The third-order valence-electron chi connectivity index (χ3n) is 5.82. The molecule has 0 bridgehead atoms. The smallest absolute Gasteiger partial charge is 0.319 e. The lowest BCUT2D eigenvalue weighted by atomic mass is 9.85. The molecule has 0 saturated heterocycles. The fourth-order valence-electron chi connectivity index (χ4n) is 4.14. The van der Waals surface area contributed by atoms with Gasteiger partial charge in [-0.05, 0) is 54.1 Å². The van der Waals surface area contributed by atoms with Gasteiger partial charge in [0.05, 0.1) is 30.0 Å². The number of nitrogens with zero attached hydrogens (tertiary/aromatic N) is 2. The molecule has 8 heteroatoms. The number of aryl methyl sites for hydroxylation is 1. The van der Waals surface area contributed by atoms with E-state index in [1.807, 2.05) is 18.2 Å². The van der Waals surface area contributed by atoms with Gasteiger partial charge in [0.15, 0.2) is 0 Å². The predicted octanol–water partition coefficient (Wildman–Crippen LogP) is 4.42. The van der Waals surface area contributed by atoms with Gasteiger partial charge in [-0.2, -0.15) is 9.78 Å². The minimum Gasteiger partial charge on any atom is -0.331 e. The number of aromatic nitrogens is 2. The number of anilines is 1. The number of carbonyl (C=O) groups excluding carboxylic acids is 2. The molecule has 0 spiro atoms. The van der Waals surface area contributed by atoms with Gasteiger partial charge < -0.3 is 16.0 Å². The van der Waals surface area contributed by atoms with Gasteiger partial charge in [0.1, 0.15) is 0 Å². The number of likely N-dealkylation sites (N-methyl/N-ethyl adjacent to an activating group) is 1. The predicted molar refractivity (Wildman–Crippen MR) is 130 cm³/mol. The number of halogens is 1. The molecule has 4 rings (SSSR count). The van der Waals surface area contributed by atoms with E-state index < -0.39 is 0 Å². The third kappa shape index (κ3) is 4.64. The number of amides is 2. The number of urea groups is 1. The lowest BCUT2D eigenvalue weighted by molar-refractivity contribution is 0.0905. The highest BCUT2D eigenvalue weighted by Crippen LogP contribution is 2.34. The van der Waals surface area contributed by atoms with Gasteiger partial charge >= 0.3 is 6.03 Å². The maximum absolute atomic E-state index is 12.8. The van der Waals surface area contributed by atoms with E-state index in [-0.39, 0.29) is 42.3 Å². The van der Waals surface area contributed by atoms with Crippen molar-refractivity contribution >= 4 is 40.9 Å². The molecule has 2 amide bonds. The van der Waals surface area contributed by atoms with Crippen LogP contribution in [0.3, 0.4) is 0 Å². The third-order valence-corrected chi connectivity index (χ3v) is 5.82. The first-order valence-electron chi connectivity index (χ1n) is 10.6. The molecule has 2 aromatic carbocycles. The molecule has 3 aromatic rings. The Hall–Kier alpha value is -2.90. The van der Waals surface area contributed by atoms with E-state index in [9.17, 15) is 9.59 Å². The Morgan fingerprint density at radius 1 is 1.19 bits per heavy atom. The number of hydrogen-bond donors (Lipinski definition) is 3. The Morgan fingerprint density at radius 3 is 2.69 bits per heavy atom.